The van der Waals surface area contributed by atoms with Gasteiger partial charge in [-0.25, -0.2) is 9.37 Å². The highest BCUT2D eigenvalue weighted by Gasteiger charge is 2.14. The smallest absolute Gasteiger partial charge is 0.257 e. The second kappa shape index (κ2) is 8.79. The van der Waals surface area contributed by atoms with Crippen molar-refractivity contribution < 1.29 is 14.0 Å². The number of hydrogen-bond acceptors (Lipinski definition) is 7. The van der Waals surface area contributed by atoms with Gasteiger partial charge < -0.3 is 5.32 Å². The van der Waals surface area contributed by atoms with E-state index < -0.39 is 5.82 Å². The molecule has 0 fully saturated rings. The van der Waals surface area contributed by atoms with Gasteiger partial charge in [-0.05, 0) is 47.7 Å². The zero-order chi connectivity index (χ0) is 21.8. The molecule has 156 valence electrons. The Kier molecular flexibility index (Phi) is 5.76. The lowest BCUT2D eigenvalue weighted by molar-refractivity contribution is -0.115. The maximum absolute atomic E-state index is 14.2. The summed E-state index contributed by atoms with van der Waals surface area (Å²) in [6.45, 7) is 1.64. The zero-order valence-corrected chi connectivity index (χ0v) is 17.1. The quantitative estimate of drug-likeness (QED) is 0.479. The first-order chi connectivity index (χ1) is 15.0. The zero-order valence-electron chi connectivity index (χ0n) is 16.2. The molecule has 0 saturated carbocycles. The van der Waals surface area contributed by atoms with Gasteiger partial charge in [-0.1, -0.05) is 18.2 Å². The molecule has 0 unspecified atom stereocenters. The minimum Gasteiger partial charge on any atom is -0.326 e. The summed E-state index contributed by atoms with van der Waals surface area (Å²) in [6, 6.07) is 12.9. The number of rotatable bonds is 6. The molecule has 2 amide bonds. The molecule has 2 aromatic carbocycles. The second-order valence-electron chi connectivity index (χ2n) is 6.49. The van der Waals surface area contributed by atoms with E-state index in [-0.39, 0.29) is 23.9 Å². The standard InChI is InChI=1S/C20H16FN7O2S/c1-12-25-26-27-28(12)17-9-14(7-8-16(17)21)22-18(29)10-15-11-31-20(23-15)24-19(30)13-5-3-2-4-6-13/h2-9,11H,10H2,1H3,(H,22,29)(H,23,24,30). The van der Waals surface area contributed by atoms with E-state index in [4.69, 9.17) is 0 Å². The van der Waals surface area contributed by atoms with Crippen molar-refractivity contribution in [1.82, 2.24) is 25.2 Å². The van der Waals surface area contributed by atoms with Crippen molar-refractivity contribution in [2.24, 2.45) is 0 Å². The summed E-state index contributed by atoms with van der Waals surface area (Å²) in [6.07, 6.45) is -0.00563. The Bertz CT molecular complexity index is 1240. The van der Waals surface area contributed by atoms with E-state index in [1.165, 1.54) is 34.2 Å². The topological polar surface area (TPSA) is 115 Å². The van der Waals surface area contributed by atoms with Crippen molar-refractivity contribution in [2.75, 3.05) is 10.6 Å². The number of amides is 2. The van der Waals surface area contributed by atoms with Crippen molar-refractivity contribution in [1.29, 1.82) is 0 Å². The molecular formula is C20H16FN7O2S. The Morgan fingerprint density at radius 1 is 1.13 bits per heavy atom. The van der Waals surface area contributed by atoms with Crippen LogP contribution < -0.4 is 10.6 Å². The molecule has 2 aromatic heterocycles. The van der Waals surface area contributed by atoms with Crippen molar-refractivity contribution in [3.05, 3.63) is 76.8 Å². The number of halogens is 1. The van der Waals surface area contributed by atoms with Gasteiger partial charge in [-0.15, -0.1) is 16.4 Å². The highest BCUT2D eigenvalue weighted by molar-refractivity contribution is 7.14. The average Bonchev–Trinajstić information content (AvgIpc) is 3.38. The Morgan fingerprint density at radius 2 is 1.94 bits per heavy atom. The Balaban J connectivity index is 1.40. The molecule has 0 aliphatic rings. The molecule has 11 heteroatoms. The summed E-state index contributed by atoms with van der Waals surface area (Å²) >= 11 is 1.23. The highest BCUT2D eigenvalue weighted by Crippen LogP contribution is 2.20. The van der Waals surface area contributed by atoms with E-state index in [2.05, 4.69) is 31.1 Å². The third kappa shape index (κ3) is 4.78. The maximum Gasteiger partial charge on any atom is 0.257 e. The predicted molar refractivity (Wildman–Crippen MR) is 113 cm³/mol. The summed E-state index contributed by atoms with van der Waals surface area (Å²) in [4.78, 5) is 28.9. The van der Waals surface area contributed by atoms with E-state index >= 15 is 0 Å². The second-order valence-corrected chi connectivity index (χ2v) is 7.35. The highest BCUT2D eigenvalue weighted by atomic mass is 32.1. The van der Waals surface area contributed by atoms with Gasteiger partial charge in [0.05, 0.1) is 12.1 Å². The molecular weight excluding hydrogens is 421 g/mol. The molecule has 0 spiro atoms. The first-order valence-electron chi connectivity index (χ1n) is 9.15. The molecule has 2 N–H and O–H groups in total. The van der Waals surface area contributed by atoms with E-state index in [1.807, 2.05) is 6.07 Å². The van der Waals surface area contributed by atoms with E-state index in [0.29, 0.717) is 27.9 Å². The number of tetrazole rings is 1. The SMILES string of the molecule is Cc1nnnn1-c1cc(NC(=O)Cc2csc(NC(=O)c3ccccc3)n2)ccc1F. The van der Waals surface area contributed by atoms with Crippen LogP contribution in [-0.4, -0.2) is 37.0 Å². The van der Waals surface area contributed by atoms with Crippen molar-refractivity contribution >= 4 is 34.0 Å². The summed E-state index contributed by atoms with van der Waals surface area (Å²) in [5, 5.41) is 18.5. The summed E-state index contributed by atoms with van der Waals surface area (Å²) in [5.74, 6) is -0.721. The van der Waals surface area contributed by atoms with Crippen LogP contribution >= 0.6 is 11.3 Å². The number of hydrogen-bond donors (Lipinski definition) is 2. The summed E-state index contributed by atoms with van der Waals surface area (Å²) in [7, 11) is 0. The number of carbonyl (C=O) groups is 2. The van der Waals surface area contributed by atoms with Crippen LogP contribution in [0.15, 0.2) is 53.9 Å². The lowest BCUT2D eigenvalue weighted by Crippen LogP contribution is -2.15. The van der Waals surface area contributed by atoms with Crippen LogP contribution in [0, 0.1) is 12.7 Å². The third-order valence-corrected chi connectivity index (χ3v) is 5.04. The van der Waals surface area contributed by atoms with Crippen LogP contribution in [0.2, 0.25) is 0 Å². The molecule has 0 aliphatic carbocycles. The number of thiazole rings is 1. The lowest BCUT2D eigenvalue weighted by atomic mass is 10.2. The third-order valence-electron chi connectivity index (χ3n) is 4.23. The van der Waals surface area contributed by atoms with Gasteiger partial charge in [0, 0.05) is 16.6 Å². The van der Waals surface area contributed by atoms with Crippen molar-refractivity contribution in [3.63, 3.8) is 0 Å². The number of benzene rings is 2. The van der Waals surface area contributed by atoms with Crippen molar-refractivity contribution in [3.8, 4) is 5.69 Å². The minimum absolute atomic E-state index is 0.00563. The maximum atomic E-state index is 14.2. The fourth-order valence-corrected chi connectivity index (χ4v) is 3.49. The molecule has 0 bridgehead atoms. The lowest BCUT2D eigenvalue weighted by Gasteiger charge is -2.08. The molecule has 0 saturated heterocycles. The normalized spacial score (nSPS) is 10.6. The van der Waals surface area contributed by atoms with Crippen LogP contribution in [0.3, 0.4) is 0 Å². The number of nitrogens with zero attached hydrogens (tertiary/aromatic N) is 5. The van der Waals surface area contributed by atoms with Gasteiger partial charge in [0.15, 0.2) is 11.0 Å². The largest absolute Gasteiger partial charge is 0.326 e. The van der Waals surface area contributed by atoms with Crippen LogP contribution in [0.5, 0.6) is 0 Å². The first-order valence-corrected chi connectivity index (χ1v) is 10.0. The molecule has 0 aliphatic heterocycles. The first kappa shape index (κ1) is 20.3. The van der Waals surface area contributed by atoms with Crippen molar-refractivity contribution in [2.45, 2.75) is 13.3 Å². The van der Waals surface area contributed by atoms with Crippen LogP contribution in [0.25, 0.3) is 5.69 Å². The van der Waals surface area contributed by atoms with Gasteiger partial charge in [-0.2, -0.15) is 4.68 Å². The monoisotopic (exact) mass is 437 g/mol. The molecule has 0 radical (unpaired) electrons. The Labute approximate surface area is 179 Å². The Hall–Kier alpha value is -3.99. The van der Waals surface area contributed by atoms with Crippen LogP contribution in [0.4, 0.5) is 15.2 Å². The van der Waals surface area contributed by atoms with E-state index in [0.717, 1.165) is 0 Å². The summed E-state index contributed by atoms with van der Waals surface area (Å²) < 4.78 is 15.4. The Morgan fingerprint density at radius 3 is 2.68 bits per heavy atom. The van der Waals surface area contributed by atoms with Gasteiger partial charge >= 0.3 is 0 Å². The van der Waals surface area contributed by atoms with Gasteiger partial charge in [0.2, 0.25) is 5.91 Å². The van der Waals surface area contributed by atoms with Crippen LogP contribution in [0.1, 0.15) is 21.9 Å². The van der Waals surface area contributed by atoms with Gasteiger partial charge in [0.1, 0.15) is 11.5 Å². The number of aryl methyl sites for hydroxylation is 1. The van der Waals surface area contributed by atoms with Gasteiger partial charge in [-0.3, -0.25) is 14.9 Å². The average molecular weight is 437 g/mol. The van der Waals surface area contributed by atoms with E-state index in [1.54, 1.807) is 36.6 Å². The van der Waals surface area contributed by atoms with E-state index in [9.17, 15) is 14.0 Å². The fourth-order valence-electron chi connectivity index (χ4n) is 2.78. The fraction of sp³-hybridized carbons (Fsp3) is 0.100. The summed E-state index contributed by atoms with van der Waals surface area (Å²) in [5.41, 5.74) is 1.54. The molecule has 4 aromatic rings. The molecule has 2 heterocycles. The molecule has 9 nitrogen and oxygen atoms in total. The number of anilines is 2. The molecule has 0 atom stereocenters. The number of carbonyl (C=O) groups excluding carboxylic acids is 2. The molecule has 31 heavy (non-hydrogen) atoms. The number of aromatic nitrogens is 5. The minimum atomic E-state index is -0.522. The number of nitrogens with one attached hydrogen (secondary N) is 2. The predicted octanol–water partition coefficient (Wildman–Crippen LogP) is 3.00. The van der Waals surface area contributed by atoms with Gasteiger partial charge in [0.25, 0.3) is 5.91 Å². The molecule has 4 rings (SSSR count). The van der Waals surface area contributed by atoms with Crippen LogP contribution in [-0.2, 0) is 11.2 Å².